The average molecular weight is 322 g/mol. The Balaban J connectivity index is 2.74. The third kappa shape index (κ3) is 4.67. The topological polar surface area (TPSA) is 44.5 Å². The molecule has 0 radical (unpaired) electrons. The van der Waals surface area contributed by atoms with Gasteiger partial charge in [-0.1, -0.05) is 6.92 Å². The second-order valence-electron chi connectivity index (χ2n) is 4.06. The number of halogens is 1. The van der Waals surface area contributed by atoms with Crippen LogP contribution < -0.4 is 5.73 Å². The van der Waals surface area contributed by atoms with Gasteiger partial charge in [0.05, 0.1) is 12.7 Å². The quantitative estimate of drug-likeness (QED) is 0.837. The van der Waals surface area contributed by atoms with Crippen molar-refractivity contribution >= 4 is 27.3 Å². The molecule has 5 heteroatoms. The number of hydrogen-bond acceptors (Lipinski definition) is 4. The number of rotatable bonds is 7. The summed E-state index contributed by atoms with van der Waals surface area (Å²) in [7, 11) is 1.68. The monoisotopic (exact) mass is 321 g/mol. The van der Waals surface area contributed by atoms with E-state index in [1.807, 2.05) is 6.92 Å². The van der Waals surface area contributed by atoms with Crippen molar-refractivity contribution < 1.29 is 9.47 Å². The van der Waals surface area contributed by atoms with Gasteiger partial charge in [-0.3, -0.25) is 0 Å². The first-order chi connectivity index (χ1) is 8.08. The fourth-order valence-electron chi connectivity index (χ4n) is 1.59. The number of hydrogen-bond donors (Lipinski definition) is 1. The van der Waals surface area contributed by atoms with E-state index in [1.54, 1.807) is 18.4 Å². The summed E-state index contributed by atoms with van der Waals surface area (Å²) < 4.78 is 12.1. The molecule has 17 heavy (non-hydrogen) atoms. The van der Waals surface area contributed by atoms with E-state index in [2.05, 4.69) is 34.3 Å². The van der Waals surface area contributed by atoms with E-state index in [0.29, 0.717) is 6.61 Å². The molecule has 0 aromatic carbocycles. The lowest BCUT2D eigenvalue weighted by Crippen LogP contribution is -2.32. The van der Waals surface area contributed by atoms with Gasteiger partial charge in [0.2, 0.25) is 0 Å². The van der Waals surface area contributed by atoms with Crippen LogP contribution in [0.15, 0.2) is 15.9 Å². The molecule has 1 heterocycles. The molecule has 0 amide bonds. The van der Waals surface area contributed by atoms with E-state index >= 15 is 0 Å². The zero-order chi connectivity index (χ0) is 12.8. The second-order valence-corrected chi connectivity index (χ2v) is 5.92. The summed E-state index contributed by atoms with van der Waals surface area (Å²) in [6, 6.07) is 2.09. The van der Waals surface area contributed by atoms with Gasteiger partial charge in [-0.25, -0.2) is 0 Å². The summed E-state index contributed by atoms with van der Waals surface area (Å²) in [6.45, 7) is 4.66. The molecule has 3 nitrogen and oxygen atoms in total. The summed E-state index contributed by atoms with van der Waals surface area (Å²) in [5.74, 6) is 0. The normalized spacial score (nSPS) is 16.8. The maximum atomic E-state index is 6.13. The van der Waals surface area contributed by atoms with E-state index in [9.17, 15) is 0 Å². The highest BCUT2D eigenvalue weighted by Crippen LogP contribution is 2.31. The van der Waals surface area contributed by atoms with Crippen molar-refractivity contribution in [2.75, 3.05) is 13.7 Å². The molecule has 0 saturated heterocycles. The molecular weight excluding hydrogens is 302 g/mol. The summed E-state index contributed by atoms with van der Waals surface area (Å²) in [6.07, 6.45) is 0.879. The molecule has 3 unspecified atom stereocenters. The van der Waals surface area contributed by atoms with Crippen molar-refractivity contribution in [3.05, 3.63) is 20.8 Å². The van der Waals surface area contributed by atoms with E-state index in [-0.39, 0.29) is 18.2 Å². The first-order valence-electron chi connectivity index (χ1n) is 5.72. The lowest BCUT2D eigenvalue weighted by atomic mass is 10.1. The van der Waals surface area contributed by atoms with Gasteiger partial charge >= 0.3 is 0 Å². The second kappa shape index (κ2) is 7.48. The van der Waals surface area contributed by atoms with Crippen LogP contribution in [-0.4, -0.2) is 25.9 Å². The Bertz CT molecular complexity index is 332. The van der Waals surface area contributed by atoms with Gasteiger partial charge in [-0.2, -0.15) is 0 Å². The fraction of sp³-hybridized carbons (Fsp3) is 0.667. The highest BCUT2D eigenvalue weighted by Gasteiger charge is 2.23. The van der Waals surface area contributed by atoms with Crippen molar-refractivity contribution in [1.29, 1.82) is 0 Å². The first-order valence-corrected chi connectivity index (χ1v) is 7.39. The third-order valence-corrected chi connectivity index (χ3v) is 4.26. The Hall–Kier alpha value is 0.0600. The molecule has 0 spiro atoms. The molecule has 0 saturated carbocycles. The fourth-order valence-corrected chi connectivity index (χ4v) is 3.15. The van der Waals surface area contributed by atoms with Crippen molar-refractivity contribution in [2.24, 2.45) is 5.73 Å². The maximum absolute atomic E-state index is 6.13. The van der Waals surface area contributed by atoms with E-state index in [0.717, 1.165) is 15.8 Å². The first kappa shape index (κ1) is 15.1. The SMILES string of the molecule is CCC(N)C(OC(C)COC)c1cc(Br)cs1. The van der Waals surface area contributed by atoms with Gasteiger partial charge in [0.15, 0.2) is 0 Å². The van der Waals surface area contributed by atoms with Crippen LogP contribution in [-0.2, 0) is 9.47 Å². The van der Waals surface area contributed by atoms with Gasteiger partial charge in [0, 0.05) is 27.9 Å². The Morgan fingerprint density at radius 3 is 2.71 bits per heavy atom. The summed E-state index contributed by atoms with van der Waals surface area (Å²) in [4.78, 5) is 1.16. The van der Waals surface area contributed by atoms with Crippen LogP contribution in [0.1, 0.15) is 31.2 Å². The van der Waals surface area contributed by atoms with Crippen molar-refractivity contribution in [3.63, 3.8) is 0 Å². The maximum Gasteiger partial charge on any atom is 0.107 e. The standard InChI is InChI=1S/C12H20BrNO2S/c1-4-10(14)12(16-8(2)6-15-3)11-5-9(13)7-17-11/h5,7-8,10,12H,4,6,14H2,1-3H3. The molecule has 98 valence electrons. The summed E-state index contributed by atoms with van der Waals surface area (Å²) >= 11 is 5.13. The minimum absolute atomic E-state index is 0.0138. The minimum Gasteiger partial charge on any atom is -0.382 e. The summed E-state index contributed by atoms with van der Waals surface area (Å²) in [5.41, 5.74) is 6.13. The predicted octanol–water partition coefficient (Wildman–Crippen LogP) is 3.34. The van der Waals surface area contributed by atoms with Crippen LogP contribution in [0.25, 0.3) is 0 Å². The van der Waals surface area contributed by atoms with Gasteiger partial charge < -0.3 is 15.2 Å². The molecule has 2 N–H and O–H groups in total. The summed E-state index contributed by atoms with van der Waals surface area (Å²) in [5, 5.41) is 2.05. The van der Waals surface area contributed by atoms with Crippen LogP contribution in [0.5, 0.6) is 0 Å². The Morgan fingerprint density at radius 1 is 1.53 bits per heavy atom. The number of ether oxygens (including phenoxy) is 2. The van der Waals surface area contributed by atoms with Gasteiger partial charge in [0.25, 0.3) is 0 Å². The Morgan fingerprint density at radius 2 is 2.24 bits per heavy atom. The molecule has 1 rings (SSSR count). The van der Waals surface area contributed by atoms with Gasteiger partial charge in [0.1, 0.15) is 6.10 Å². The van der Waals surface area contributed by atoms with Gasteiger partial charge in [-0.05, 0) is 35.3 Å². The van der Waals surface area contributed by atoms with E-state index in [4.69, 9.17) is 15.2 Å². The molecule has 0 aliphatic rings. The molecule has 3 atom stereocenters. The Kier molecular flexibility index (Phi) is 6.66. The molecule has 0 bridgehead atoms. The highest BCUT2D eigenvalue weighted by molar-refractivity contribution is 9.10. The largest absolute Gasteiger partial charge is 0.382 e. The smallest absolute Gasteiger partial charge is 0.107 e. The van der Waals surface area contributed by atoms with Crippen LogP contribution >= 0.6 is 27.3 Å². The average Bonchev–Trinajstić information content (AvgIpc) is 2.72. The third-order valence-electron chi connectivity index (χ3n) is 2.51. The predicted molar refractivity (Wildman–Crippen MR) is 75.4 cm³/mol. The van der Waals surface area contributed by atoms with Crippen LogP contribution in [0.4, 0.5) is 0 Å². The molecule has 0 fully saturated rings. The Labute approximate surface area is 115 Å². The number of thiophene rings is 1. The van der Waals surface area contributed by atoms with Crippen molar-refractivity contribution in [2.45, 2.75) is 38.5 Å². The van der Waals surface area contributed by atoms with Crippen molar-refractivity contribution in [3.8, 4) is 0 Å². The van der Waals surface area contributed by atoms with E-state index in [1.165, 1.54) is 0 Å². The lowest BCUT2D eigenvalue weighted by molar-refractivity contribution is -0.0492. The zero-order valence-corrected chi connectivity index (χ0v) is 12.9. The number of methoxy groups -OCH3 is 1. The van der Waals surface area contributed by atoms with E-state index < -0.39 is 0 Å². The van der Waals surface area contributed by atoms with Crippen LogP contribution in [0, 0.1) is 0 Å². The molecule has 0 aliphatic carbocycles. The number of nitrogens with two attached hydrogens (primary N) is 1. The molecular formula is C12H20BrNO2S. The molecule has 1 aromatic heterocycles. The zero-order valence-electron chi connectivity index (χ0n) is 10.5. The lowest BCUT2D eigenvalue weighted by Gasteiger charge is -2.25. The molecule has 1 aromatic rings. The highest BCUT2D eigenvalue weighted by atomic mass is 79.9. The molecule has 0 aliphatic heterocycles. The minimum atomic E-state index is -0.0542. The van der Waals surface area contributed by atoms with Crippen molar-refractivity contribution in [1.82, 2.24) is 0 Å². The van der Waals surface area contributed by atoms with Crippen LogP contribution in [0.3, 0.4) is 0 Å². The van der Waals surface area contributed by atoms with Crippen LogP contribution in [0.2, 0.25) is 0 Å². The van der Waals surface area contributed by atoms with Gasteiger partial charge in [-0.15, -0.1) is 11.3 Å².